The molecule has 0 aromatic heterocycles. The molecule has 0 aliphatic carbocycles. The van der Waals surface area contributed by atoms with Crippen molar-refractivity contribution < 1.29 is 18.3 Å². The van der Waals surface area contributed by atoms with Gasteiger partial charge in [-0.1, -0.05) is 6.92 Å². The molecule has 0 spiro atoms. The fourth-order valence-electron chi connectivity index (χ4n) is 3.52. The molecule has 1 aromatic carbocycles. The van der Waals surface area contributed by atoms with E-state index in [4.69, 9.17) is 4.74 Å². The highest BCUT2D eigenvalue weighted by molar-refractivity contribution is 5.79. The molecule has 0 atom stereocenters. The summed E-state index contributed by atoms with van der Waals surface area (Å²) in [6.07, 6.45) is 2.16. The zero-order valence-corrected chi connectivity index (χ0v) is 19.0. The first kappa shape index (κ1) is 25.1. The van der Waals surface area contributed by atoms with Gasteiger partial charge in [-0.3, -0.25) is 0 Å². The summed E-state index contributed by atoms with van der Waals surface area (Å²) in [4.78, 5) is 9.54. The maximum atomic E-state index is 12.7. The van der Waals surface area contributed by atoms with Crippen LogP contribution < -0.4 is 20.1 Å². The van der Waals surface area contributed by atoms with E-state index in [1.54, 1.807) is 12.1 Å². The number of benzene rings is 1. The Morgan fingerprint density at radius 1 is 1.10 bits per heavy atom. The minimum absolute atomic E-state index is 0.110. The van der Waals surface area contributed by atoms with Crippen molar-refractivity contribution in [3.8, 4) is 11.5 Å². The molecule has 1 aliphatic rings. The number of nitrogens with zero attached hydrogens (tertiary/aromatic N) is 3. The van der Waals surface area contributed by atoms with Crippen LogP contribution >= 0.6 is 0 Å². The number of aliphatic imine (C=N–C) groups is 1. The fraction of sp³-hybridized carbons (Fsp3) is 0.682. The molecule has 1 fully saturated rings. The van der Waals surface area contributed by atoms with Gasteiger partial charge in [0.15, 0.2) is 5.96 Å². The van der Waals surface area contributed by atoms with E-state index in [1.807, 2.05) is 6.92 Å². The van der Waals surface area contributed by atoms with Crippen LogP contribution in [-0.2, 0) is 6.54 Å². The molecule has 0 bridgehead atoms. The van der Waals surface area contributed by atoms with E-state index in [1.165, 1.54) is 13.2 Å². The smallest absolute Gasteiger partial charge is 0.387 e. The first-order valence-corrected chi connectivity index (χ1v) is 11.1. The number of methoxy groups -OCH3 is 1. The molecule has 0 saturated carbocycles. The van der Waals surface area contributed by atoms with Gasteiger partial charge < -0.3 is 29.9 Å². The van der Waals surface area contributed by atoms with E-state index >= 15 is 0 Å². The second-order valence-corrected chi connectivity index (χ2v) is 7.46. The molecule has 0 unspecified atom stereocenters. The molecule has 1 saturated heterocycles. The molecular formula is C22H37F2N5O2. The van der Waals surface area contributed by atoms with E-state index in [-0.39, 0.29) is 12.3 Å². The van der Waals surface area contributed by atoms with Crippen molar-refractivity contribution >= 4 is 5.96 Å². The lowest BCUT2D eigenvalue weighted by Gasteiger charge is -2.34. The van der Waals surface area contributed by atoms with Gasteiger partial charge in [0.1, 0.15) is 11.5 Å². The summed E-state index contributed by atoms with van der Waals surface area (Å²) in [5.41, 5.74) is 0.545. The minimum atomic E-state index is -2.88. The van der Waals surface area contributed by atoms with Crippen LogP contribution in [0.2, 0.25) is 0 Å². The molecule has 1 aliphatic heterocycles. The Morgan fingerprint density at radius 2 is 1.84 bits per heavy atom. The van der Waals surface area contributed by atoms with Crippen LogP contribution in [-0.4, -0.2) is 81.8 Å². The molecule has 9 heteroatoms. The van der Waals surface area contributed by atoms with Crippen LogP contribution in [0.15, 0.2) is 23.2 Å². The van der Waals surface area contributed by atoms with Gasteiger partial charge >= 0.3 is 6.61 Å². The van der Waals surface area contributed by atoms with E-state index in [2.05, 4.69) is 37.1 Å². The van der Waals surface area contributed by atoms with Crippen molar-refractivity contribution in [2.75, 3.05) is 59.5 Å². The van der Waals surface area contributed by atoms with Crippen LogP contribution in [0.25, 0.3) is 0 Å². The molecular weight excluding hydrogens is 404 g/mol. The van der Waals surface area contributed by atoms with Crippen molar-refractivity contribution in [2.24, 2.45) is 4.99 Å². The molecule has 2 rings (SSSR count). The van der Waals surface area contributed by atoms with Crippen LogP contribution in [0.1, 0.15) is 32.3 Å². The average molecular weight is 442 g/mol. The van der Waals surface area contributed by atoms with Crippen LogP contribution in [0.4, 0.5) is 8.78 Å². The summed E-state index contributed by atoms with van der Waals surface area (Å²) < 4.78 is 35.2. The van der Waals surface area contributed by atoms with E-state index in [9.17, 15) is 8.78 Å². The molecule has 1 heterocycles. The number of halogens is 2. The van der Waals surface area contributed by atoms with Crippen molar-refractivity contribution in [3.63, 3.8) is 0 Å². The third-order valence-electron chi connectivity index (χ3n) is 5.34. The standard InChI is InChI=1S/C22H37F2N5O2/c1-4-25-22(26-10-6-7-11-29-14-12-28(5-2)13-15-29)27-17-18-16-19(30-3)8-9-20(18)31-21(23)24/h8-9,16,21H,4-7,10-15,17H2,1-3H3,(H2,25,26,27). The molecule has 7 nitrogen and oxygen atoms in total. The summed E-state index contributed by atoms with van der Waals surface area (Å²) >= 11 is 0. The normalized spacial score (nSPS) is 15.9. The van der Waals surface area contributed by atoms with Gasteiger partial charge in [0.05, 0.1) is 13.7 Å². The van der Waals surface area contributed by atoms with Crippen molar-refractivity contribution in [3.05, 3.63) is 23.8 Å². The number of nitrogens with one attached hydrogen (secondary N) is 2. The summed E-state index contributed by atoms with van der Waals surface area (Å²) in [5, 5.41) is 6.52. The Hall–Kier alpha value is -2.13. The first-order chi connectivity index (χ1) is 15.0. The van der Waals surface area contributed by atoms with Crippen molar-refractivity contribution in [2.45, 2.75) is 39.8 Å². The lowest BCUT2D eigenvalue weighted by molar-refractivity contribution is -0.0504. The highest BCUT2D eigenvalue weighted by Gasteiger charge is 2.14. The number of unbranched alkanes of at least 4 members (excludes halogenated alkanes) is 1. The third-order valence-corrected chi connectivity index (χ3v) is 5.34. The number of rotatable bonds is 12. The lowest BCUT2D eigenvalue weighted by atomic mass is 10.2. The summed E-state index contributed by atoms with van der Waals surface area (Å²) in [6, 6.07) is 4.75. The number of alkyl halides is 2. The Morgan fingerprint density at radius 3 is 2.48 bits per heavy atom. The lowest BCUT2D eigenvalue weighted by Crippen LogP contribution is -2.46. The summed E-state index contributed by atoms with van der Waals surface area (Å²) in [7, 11) is 1.53. The van der Waals surface area contributed by atoms with Gasteiger partial charge in [0.2, 0.25) is 0 Å². The number of guanidine groups is 1. The Balaban J connectivity index is 1.81. The Bertz CT molecular complexity index is 667. The van der Waals surface area contributed by atoms with E-state index < -0.39 is 6.61 Å². The van der Waals surface area contributed by atoms with Crippen LogP contribution in [0.5, 0.6) is 11.5 Å². The van der Waals surface area contributed by atoms with E-state index in [0.29, 0.717) is 23.8 Å². The van der Waals surface area contributed by atoms with Crippen LogP contribution in [0.3, 0.4) is 0 Å². The molecule has 0 radical (unpaired) electrons. The van der Waals surface area contributed by atoms with Gasteiger partial charge in [0, 0.05) is 44.8 Å². The highest BCUT2D eigenvalue weighted by atomic mass is 19.3. The number of ether oxygens (including phenoxy) is 2. The topological polar surface area (TPSA) is 61.4 Å². The van der Waals surface area contributed by atoms with Gasteiger partial charge in [0.25, 0.3) is 0 Å². The third kappa shape index (κ3) is 9.26. The van der Waals surface area contributed by atoms with Gasteiger partial charge in [-0.05, 0) is 51.1 Å². The molecule has 31 heavy (non-hydrogen) atoms. The van der Waals surface area contributed by atoms with E-state index in [0.717, 1.165) is 58.7 Å². The zero-order valence-electron chi connectivity index (χ0n) is 19.0. The maximum Gasteiger partial charge on any atom is 0.387 e. The van der Waals surface area contributed by atoms with Crippen molar-refractivity contribution in [1.82, 2.24) is 20.4 Å². The largest absolute Gasteiger partial charge is 0.497 e. The second kappa shape index (κ2) is 14.0. The predicted octanol–water partition coefficient (Wildman–Crippen LogP) is 2.77. The first-order valence-electron chi connectivity index (χ1n) is 11.1. The summed E-state index contributed by atoms with van der Waals surface area (Å²) in [6.45, 7) is 9.91. The monoisotopic (exact) mass is 441 g/mol. The zero-order chi connectivity index (χ0) is 22.5. The maximum absolute atomic E-state index is 12.7. The van der Waals surface area contributed by atoms with Crippen LogP contribution in [0, 0.1) is 0 Å². The fourth-order valence-corrected chi connectivity index (χ4v) is 3.52. The molecule has 0 amide bonds. The predicted molar refractivity (Wildman–Crippen MR) is 120 cm³/mol. The minimum Gasteiger partial charge on any atom is -0.497 e. The Kier molecular flexibility index (Phi) is 11.4. The Labute approximate surface area is 184 Å². The molecule has 2 N–H and O–H groups in total. The second-order valence-electron chi connectivity index (χ2n) is 7.46. The van der Waals surface area contributed by atoms with Crippen molar-refractivity contribution in [1.29, 1.82) is 0 Å². The van der Waals surface area contributed by atoms with Gasteiger partial charge in [-0.15, -0.1) is 0 Å². The SMILES string of the molecule is CCNC(=NCc1cc(OC)ccc1OC(F)F)NCCCCN1CCN(CC)CC1. The number of hydrogen-bond acceptors (Lipinski definition) is 5. The molecule has 1 aromatic rings. The molecule has 176 valence electrons. The number of likely N-dealkylation sites (N-methyl/N-ethyl adjacent to an activating group) is 1. The van der Waals surface area contributed by atoms with Gasteiger partial charge in [-0.2, -0.15) is 8.78 Å². The highest BCUT2D eigenvalue weighted by Crippen LogP contribution is 2.26. The quantitative estimate of drug-likeness (QED) is 0.296. The number of hydrogen-bond donors (Lipinski definition) is 2. The van der Waals surface area contributed by atoms with Gasteiger partial charge in [-0.25, -0.2) is 4.99 Å². The average Bonchev–Trinajstić information content (AvgIpc) is 2.78. The number of piperazine rings is 1. The summed E-state index contributed by atoms with van der Waals surface area (Å²) in [5.74, 6) is 1.34.